The summed E-state index contributed by atoms with van der Waals surface area (Å²) < 4.78 is 28.0. The van der Waals surface area contributed by atoms with Crippen molar-refractivity contribution in [1.82, 2.24) is 30.7 Å². The van der Waals surface area contributed by atoms with Crippen molar-refractivity contribution in [2.24, 2.45) is 11.7 Å². The highest BCUT2D eigenvalue weighted by molar-refractivity contribution is 6.33. The zero-order valence-electron chi connectivity index (χ0n) is 42.2. The van der Waals surface area contributed by atoms with Gasteiger partial charge in [0.1, 0.15) is 12.6 Å². The molecule has 16 nitrogen and oxygen atoms in total. The van der Waals surface area contributed by atoms with E-state index in [-0.39, 0.29) is 71.4 Å². The van der Waals surface area contributed by atoms with Gasteiger partial charge in [-0.25, -0.2) is 4.39 Å². The second-order valence-corrected chi connectivity index (χ2v) is 21.4. The van der Waals surface area contributed by atoms with E-state index in [1.165, 1.54) is 12.1 Å². The minimum atomic E-state index is -1.000. The molecule has 10 rings (SSSR count). The number of hydrogen-bond acceptors (Lipinski definition) is 12. The first-order valence-electron chi connectivity index (χ1n) is 26.7. The van der Waals surface area contributed by atoms with Gasteiger partial charge >= 0.3 is 0 Å². The van der Waals surface area contributed by atoms with Crippen LogP contribution in [0.2, 0.25) is 5.02 Å². The molecule has 0 radical (unpaired) electrons. The minimum Gasteiger partial charge on any atom is -0.488 e. The molecule has 4 aromatic carbocycles. The quantitative estimate of drug-likeness (QED) is 0.0919. The predicted molar refractivity (Wildman–Crippen MR) is 281 cm³/mol. The number of nitrogens with one attached hydrogen (secondary N) is 3. The number of fused-ring (bicyclic) bond motifs is 1. The highest BCUT2D eigenvalue weighted by Crippen LogP contribution is 2.40. The second kappa shape index (κ2) is 23.3. The van der Waals surface area contributed by atoms with Crippen LogP contribution in [0.5, 0.6) is 5.75 Å². The summed E-state index contributed by atoms with van der Waals surface area (Å²) in [5.74, 6) is -3.02. The summed E-state index contributed by atoms with van der Waals surface area (Å²) in [5.41, 5.74) is 9.47. The number of ether oxygens (including phenoxy) is 2. The number of halogens is 2. The van der Waals surface area contributed by atoms with Crippen LogP contribution in [-0.4, -0.2) is 146 Å². The fourth-order valence-corrected chi connectivity index (χ4v) is 12.2. The third-order valence-corrected chi connectivity index (χ3v) is 16.5. The van der Waals surface area contributed by atoms with Crippen LogP contribution in [0.3, 0.4) is 0 Å². The smallest absolute Gasteiger partial charge is 0.264 e. The lowest BCUT2D eigenvalue weighted by atomic mass is 9.87. The van der Waals surface area contributed by atoms with Gasteiger partial charge in [0.25, 0.3) is 11.8 Å². The number of piperidine rings is 2. The van der Waals surface area contributed by atoms with Gasteiger partial charge in [0, 0.05) is 86.4 Å². The third kappa shape index (κ3) is 11.8. The Kier molecular flexibility index (Phi) is 16.2. The molecule has 4 saturated heterocycles. The van der Waals surface area contributed by atoms with Crippen molar-refractivity contribution in [2.75, 3.05) is 77.0 Å². The fourth-order valence-electron chi connectivity index (χ4n) is 12.0. The van der Waals surface area contributed by atoms with Gasteiger partial charge < -0.3 is 30.7 Å². The predicted octanol–water partition coefficient (Wildman–Crippen LogP) is 5.89. The number of amides is 6. The molecule has 3 atom stereocenters. The molecule has 2 unspecified atom stereocenters. The van der Waals surface area contributed by atoms with Crippen molar-refractivity contribution in [3.63, 3.8) is 0 Å². The monoisotopic (exact) mass is 1040 g/mol. The molecule has 5 aliphatic heterocycles. The Morgan fingerprint density at radius 1 is 0.787 bits per heavy atom. The largest absolute Gasteiger partial charge is 0.488 e. The molecule has 0 aromatic heterocycles. The van der Waals surface area contributed by atoms with Crippen LogP contribution in [0.1, 0.15) is 112 Å². The standard InChI is InChI=1S/C57H66ClFN8O8/c58-45-17-11-37(30-43(45)51-41(54(60)70)16-19-48(53(51)59)75-34-40-8-5-29-74-40)44(36-6-2-1-3-7-36)31-61-38-12-14-39(15-13-38)62-50(69)33-64-23-21-35(22-24-64)32-65-25-27-66(28-26-65)46-10-4-9-42-52(46)57(73)67(56(42)72)47-18-20-49(68)63-55(47)71/h1-4,6-7,9-11,16-17,19,30,35,38-40,44,47,61H,5,8,12-15,18,20-29,31-34H2,(H2,60,70)(H,62,69)(H,63,68,71)/t38?,39?,40-,44?,47?/m0/s1. The van der Waals surface area contributed by atoms with E-state index in [2.05, 4.69) is 42.8 Å². The van der Waals surface area contributed by atoms with Gasteiger partial charge in [-0.15, -0.1) is 0 Å². The first-order valence-corrected chi connectivity index (χ1v) is 27.0. The summed E-state index contributed by atoms with van der Waals surface area (Å²) in [7, 11) is 0. The summed E-state index contributed by atoms with van der Waals surface area (Å²) in [5, 5.41) is 9.68. The van der Waals surface area contributed by atoms with E-state index in [0.29, 0.717) is 61.1 Å². The molecule has 0 spiro atoms. The molecule has 5 N–H and O–H groups in total. The van der Waals surface area contributed by atoms with Gasteiger partial charge in [-0.1, -0.05) is 54.1 Å². The molecule has 6 amide bonds. The van der Waals surface area contributed by atoms with Crippen molar-refractivity contribution < 1.29 is 42.6 Å². The minimum absolute atomic E-state index is 0.00148. The summed E-state index contributed by atoms with van der Waals surface area (Å²) in [6.07, 6.45) is 7.37. The van der Waals surface area contributed by atoms with Gasteiger partial charge in [0.05, 0.1) is 35.0 Å². The molecule has 5 heterocycles. The number of hydrogen-bond donors (Lipinski definition) is 4. The summed E-state index contributed by atoms with van der Waals surface area (Å²) in [6.45, 7) is 7.52. The van der Waals surface area contributed by atoms with Crippen LogP contribution in [-0.2, 0) is 19.1 Å². The van der Waals surface area contributed by atoms with E-state index < -0.39 is 41.4 Å². The summed E-state index contributed by atoms with van der Waals surface area (Å²) in [6, 6.07) is 23.2. The van der Waals surface area contributed by atoms with E-state index in [1.807, 2.05) is 36.4 Å². The Bertz CT molecular complexity index is 2790. The molecule has 6 aliphatic rings. The van der Waals surface area contributed by atoms with Gasteiger partial charge in [-0.05, 0) is 124 Å². The van der Waals surface area contributed by atoms with Crippen LogP contribution in [0.4, 0.5) is 10.1 Å². The van der Waals surface area contributed by atoms with Crippen molar-refractivity contribution in [3.8, 4) is 16.9 Å². The number of likely N-dealkylation sites (tertiary alicyclic amines) is 1. The first-order chi connectivity index (χ1) is 36.4. The zero-order chi connectivity index (χ0) is 52.2. The number of anilines is 1. The van der Waals surface area contributed by atoms with Gasteiger partial charge in [0.2, 0.25) is 23.6 Å². The van der Waals surface area contributed by atoms with Crippen LogP contribution in [0.15, 0.2) is 78.9 Å². The van der Waals surface area contributed by atoms with E-state index in [0.717, 1.165) is 100 Å². The maximum Gasteiger partial charge on any atom is 0.264 e. The number of nitrogens with two attached hydrogens (primary N) is 1. The molecular weight excluding hydrogens is 979 g/mol. The lowest BCUT2D eigenvalue weighted by Gasteiger charge is -2.40. The molecule has 4 aromatic rings. The molecular formula is C57H66ClFN8O8. The van der Waals surface area contributed by atoms with E-state index in [9.17, 15) is 28.8 Å². The van der Waals surface area contributed by atoms with Crippen LogP contribution >= 0.6 is 11.6 Å². The number of carbonyl (C=O) groups excluding carboxylic acids is 6. The van der Waals surface area contributed by atoms with Crippen LogP contribution in [0.25, 0.3) is 11.1 Å². The van der Waals surface area contributed by atoms with Crippen molar-refractivity contribution in [2.45, 2.75) is 94.4 Å². The normalized spacial score (nSPS) is 23.3. The average molecular weight is 1050 g/mol. The number of piperazine rings is 1. The molecule has 0 bridgehead atoms. The zero-order valence-corrected chi connectivity index (χ0v) is 43.0. The lowest BCUT2D eigenvalue weighted by molar-refractivity contribution is -0.136. The number of rotatable bonds is 17. The maximum absolute atomic E-state index is 16.4. The number of benzene rings is 4. The third-order valence-electron chi connectivity index (χ3n) is 16.1. The average Bonchev–Trinajstić information content (AvgIpc) is 4.04. The number of primary amides is 1. The molecule has 75 heavy (non-hydrogen) atoms. The highest BCUT2D eigenvalue weighted by atomic mass is 35.5. The summed E-state index contributed by atoms with van der Waals surface area (Å²) >= 11 is 6.81. The first kappa shape index (κ1) is 52.2. The maximum atomic E-state index is 16.4. The Morgan fingerprint density at radius 2 is 1.55 bits per heavy atom. The number of nitrogens with zero attached hydrogens (tertiary/aromatic N) is 4. The van der Waals surface area contributed by atoms with Gasteiger partial charge in [-0.3, -0.25) is 48.8 Å². The molecule has 396 valence electrons. The Morgan fingerprint density at radius 3 is 2.27 bits per heavy atom. The van der Waals surface area contributed by atoms with E-state index >= 15 is 4.39 Å². The second-order valence-electron chi connectivity index (χ2n) is 21.0. The molecule has 18 heteroatoms. The number of carbonyl (C=O) groups is 6. The number of imide groups is 2. The van der Waals surface area contributed by atoms with Gasteiger partial charge in [0.15, 0.2) is 11.6 Å². The SMILES string of the molecule is NC(=O)c1ccc(OC[C@@H]2CCCO2)c(F)c1-c1cc(C(CNC2CCC(NC(=O)CN3CCC(CN4CCN(c5cccc6c5C(=O)N(C5CCC(=O)NC5=O)C6=O)CC4)CC3)CC2)c2ccccc2)ccc1Cl. The molecule has 1 aliphatic carbocycles. The fraction of sp³-hybridized carbons (Fsp3) is 0.474. The molecule has 1 saturated carbocycles. The highest BCUT2D eigenvalue weighted by Gasteiger charge is 2.46. The van der Waals surface area contributed by atoms with E-state index in [1.54, 1.807) is 18.2 Å². The van der Waals surface area contributed by atoms with Crippen molar-refractivity contribution in [3.05, 3.63) is 118 Å². The topological polar surface area (TPSA) is 196 Å². The van der Waals surface area contributed by atoms with Crippen molar-refractivity contribution >= 4 is 52.7 Å². The van der Waals surface area contributed by atoms with Crippen molar-refractivity contribution in [1.29, 1.82) is 0 Å². The van der Waals surface area contributed by atoms with Gasteiger partial charge in [-0.2, -0.15) is 0 Å². The lowest BCUT2D eigenvalue weighted by Crippen LogP contribution is -2.54. The van der Waals surface area contributed by atoms with E-state index in [4.69, 9.17) is 26.8 Å². The Labute approximate surface area is 441 Å². The Hall–Kier alpha value is -6.24. The van der Waals surface area contributed by atoms with Crippen LogP contribution < -0.4 is 31.3 Å². The van der Waals surface area contributed by atoms with Crippen LogP contribution in [0, 0.1) is 11.7 Å². The Balaban J connectivity index is 0.674. The summed E-state index contributed by atoms with van der Waals surface area (Å²) in [4.78, 5) is 85.4. The molecule has 5 fully saturated rings.